The van der Waals surface area contributed by atoms with Gasteiger partial charge in [0.25, 0.3) is 0 Å². The molecular weight excluding hydrogens is 544 g/mol. The maximum Gasteiger partial charge on any atom is 0.407 e. The van der Waals surface area contributed by atoms with Crippen molar-refractivity contribution >= 4 is 51.0 Å². The van der Waals surface area contributed by atoms with Gasteiger partial charge in [0.05, 0.1) is 44.5 Å². The van der Waals surface area contributed by atoms with Gasteiger partial charge in [-0.2, -0.15) is 0 Å². The number of aliphatic hydroxyl groups excluding tert-OH is 1. The van der Waals surface area contributed by atoms with Gasteiger partial charge in [0, 0.05) is 37.7 Å². The minimum atomic E-state index is -1.42. The fraction of sp³-hybridized carbons (Fsp3) is 0.571. The van der Waals surface area contributed by atoms with Crippen LogP contribution in [0, 0.1) is 17.0 Å². The fourth-order valence-electron chi connectivity index (χ4n) is 5.54. The molecule has 0 bridgehead atoms. The van der Waals surface area contributed by atoms with Crippen molar-refractivity contribution in [3.8, 4) is 0 Å². The highest BCUT2D eigenvalue weighted by Gasteiger charge is 2.58. The Labute approximate surface area is 236 Å². The number of aliphatic hydroxyl groups is 1. The second kappa shape index (κ2) is 9.60. The molecule has 3 atom stereocenters. The number of H-pyrrole nitrogens is 1. The van der Waals surface area contributed by atoms with E-state index in [1.807, 2.05) is 25.7 Å². The van der Waals surface area contributed by atoms with Gasteiger partial charge in [-0.25, -0.2) is 18.6 Å². The smallest absolute Gasteiger partial charge is 0.407 e. The van der Waals surface area contributed by atoms with Gasteiger partial charge < -0.3 is 34.7 Å². The average molecular weight is 580 g/mol. The van der Waals surface area contributed by atoms with Crippen LogP contribution in [0.5, 0.6) is 0 Å². The molecular formula is C28H36ClF2N5O4. The fourth-order valence-corrected chi connectivity index (χ4v) is 5.81. The van der Waals surface area contributed by atoms with Crippen LogP contribution in [-0.2, 0) is 9.47 Å². The Morgan fingerprint density at radius 1 is 1.27 bits per heavy atom. The number of carbonyl (C=O) groups is 1. The molecule has 3 heterocycles. The van der Waals surface area contributed by atoms with Gasteiger partial charge in [0.2, 0.25) is 6.41 Å². The van der Waals surface area contributed by atoms with E-state index in [-0.39, 0.29) is 28.0 Å². The Kier molecular flexibility index (Phi) is 6.87. The van der Waals surface area contributed by atoms with Gasteiger partial charge in [-0.05, 0) is 54.4 Å². The molecule has 1 amide bonds. The summed E-state index contributed by atoms with van der Waals surface area (Å²) in [5.74, 6) is -2.12. The lowest BCUT2D eigenvalue weighted by Gasteiger charge is -2.31. The molecule has 3 aromatic rings. The maximum absolute atomic E-state index is 15.5. The molecule has 2 aliphatic rings. The molecule has 1 aliphatic heterocycles. The van der Waals surface area contributed by atoms with E-state index in [0.29, 0.717) is 34.8 Å². The van der Waals surface area contributed by atoms with Crippen LogP contribution in [0.15, 0.2) is 12.3 Å². The summed E-state index contributed by atoms with van der Waals surface area (Å²) in [6.45, 7) is 12.0. The minimum absolute atomic E-state index is 0.00927. The van der Waals surface area contributed by atoms with E-state index in [2.05, 4.69) is 15.3 Å². The predicted octanol–water partition coefficient (Wildman–Crippen LogP) is 5.67. The zero-order chi connectivity index (χ0) is 29.4. The lowest BCUT2D eigenvalue weighted by Crippen LogP contribution is -2.39. The second-order valence-corrected chi connectivity index (χ2v) is 13.3. The van der Waals surface area contributed by atoms with Crippen LogP contribution < -0.4 is 15.1 Å². The topological polar surface area (TPSA) is 103 Å². The number of ether oxygens (including phenoxy) is 2. The molecule has 3 unspecified atom stereocenters. The number of aromatic amines is 1. The zero-order valence-corrected chi connectivity index (χ0v) is 24.5. The SMILES string of the molecule is CN(c1cc(F)c(F)c2c1[nH]c1ncc(Cl)c(N3CCC4(CC4NC(=O)OC(C)(C)C)C3)c12)C(O)OC(C)(C)C. The molecule has 3 N–H and O–H groups in total. The van der Waals surface area contributed by atoms with E-state index >= 15 is 8.78 Å². The third-order valence-corrected chi connectivity index (χ3v) is 7.73. The number of aromatic nitrogens is 2. The lowest BCUT2D eigenvalue weighted by atomic mass is 10.1. The Balaban J connectivity index is 1.51. The summed E-state index contributed by atoms with van der Waals surface area (Å²) in [4.78, 5) is 23.2. The second-order valence-electron chi connectivity index (χ2n) is 12.8. The first-order valence-electron chi connectivity index (χ1n) is 13.3. The number of nitrogens with one attached hydrogen (secondary N) is 2. The number of anilines is 2. The first kappa shape index (κ1) is 28.6. The van der Waals surface area contributed by atoms with Crippen molar-refractivity contribution in [3.05, 3.63) is 28.9 Å². The number of pyridine rings is 1. The Bertz CT molecular complexity index is 1480. The number of amides is 1. The molecule has 0 radical (unpaired) electrons. The van der Waals surface area contributed by atoms with Gasteiger partial charge in [-0.15, -0.1) is 0 Å². The third-order valence-electron chi connectivity index (χ3n) is 7.45. The molecule has 1 saturated heterocycles. The van der Waals surface area contributed by atoms with E-state index in [4.69, 9.17) is 21.1 Å². The summed E-state index contributed by atoms with van der Waals surface area (Å²) in [7, 11) is 1.53. The normalized spacial score (nSPS) is 21.9. The predicted molar refractivity (Wildman–Crippen MR) is 151 cm³/mol. The van der Waals surface area contributed by atoms with Crippen molar-refractivity contribution in [2.24, 2.45) is 5.41 Å². The highest BCUT2D eigenvalue weighted by Crippen LogP contribution is 2.55. The van der Waals surface area contributed by atoms with E-state index in [1.165, 1.54) is 18.1 Å². The van der Waals surface area contributed by atoms with Crippen LogP contribution in [0.3, 0.4) is 0 Å². The van der Waals surface area contributed by atoms with Gasteiger partial charge in [0.1, 0.15) is 11.2 Å². The van der Waals surface area contributed by atoms with E-state index < -0.39 is 35.3 Å². The number of hydrogen-bond acceptors (Lipinski definition) is 7. The molecule has 1 aliphatic carbocycles. The third kappa shape index (κ3) is 5.26. The summed E-state index contributed by atoms with van der Waals surface area (Å²) in [6.07, 6.45) is 1.18. The van der Waals surface area contributed by atoms with Crippen molar-refractivity contribution < 1.29 is 28.2 Å². The van der Waals surface area contributed by atoms with Gasteiger partial charge in [0.15, 0.2) is 11.6 Å². The van der Waals surface area contributed by atoms with E-state index in [9.17, 15) is 9.90 Å². The molecule has 2 fully saturated rings. The zero-order valence-electron chi connectivity index (χ0n) is 23.8. The quantitative estimate of drug-likeness (QED) is 0.335. The summed E-state index contributed by atoms with van der Waals surface area (Å²) >= 11 is 6.67. The standard InChI is InChI=1S/C28H36ClF2N5O4/c1-26(2,3)39-24(37)33-17-11-28(17)8-9-36(13-28)22-14(29)12-32-23-19(22)18-20(31)15(30)10-16(21(18)34-23)35(7)25(38)40-27(4,5)6/h10,12,17,25,38H,8-9,11,13H2,1-7H3,(H,32,34)(H,33,37). The van der Waals surface area contributed by atoms with Gasteiger partial charge in [-0.1, -0.05) is 11.6 Å². The molecule has 218 valence electrons. The van der Waals surface area contributed by atoms with Gasteiger partial charge >= 0.3 is 6.09 Å². The van der Waals surface area contributed by atoms with Crippen LogP contribution in [-0.4, -0.2) is 65.0 Å². The largest absolute Gasteiger partial charge is 0.444 e. The number of alkyl carbamates (subject to hydrolysis) is 1. The average Bonchev–Trinajstić information content (AvgIpc) is 3.13. The summed E-state index contributed by atoms with van der Waals surface area (Å²) in [6, 6.07) is 0.969. The number of hydrogen-bond donors (Lipinski definition) is 3. The van der Waals surface area contributed by atoms with Crippen LogP contribution in [0.1, 0.15) is 54.4 Å². The molecule has 1 spiro atoms. The van der Waals surface area contributed by atoms with Crippen LogP contribution in [0.4, 0.5) is 25.0 Å². The van der Waals surface area contributed by atoms with Crippen LogP contribution in [0.2, 0.25) is 5.02 Å². The van der Waals surface area contributed by atoms with Crippen molar-refractivity contribution in [1.82, 2.24) is 15.3 Å². The molecule has 1 aromatic carbocycles. The molecule has 12 heteroatoms. The molecule has 9 nitrogen and oxygen atoms in total. The molecule has 2 aromatic heterocycles. The first-order valence-corrected chi connectivity index (χ1v) is 13.7. The maximum atomic E-state index is 15.5. The summed E-state index contributed by atoms with van der Waals surface area (Å²) in [5.41, 5.74) is -0.103. The number of benzene rings is 1. The lowest BCUT2D eigenvalue weighted by molar-refractivity contribution is -0.162. The van der Waals surface area contributed by atoms with Gasteiger partial charge in [-0.3, -0.25) is 0 Å². The minimum Gasteiger partial charge on any atom is -0.444 e. The monoisotopic (exact) mass is 579 g/mol. The first-order chi connectivity index (χ1) is 18.5. The Morgan fingerprint density at radius 3 is 2.62 bits per heavy atom. The van der Waals surface area contributed by atoms with Crippen LogP contribution in [0.25, 0.3) is 21.9 Å². The number of fused-ring (bicyclic) bond motifs is 3. The molecule has 5 rings (SSSR count). The van der Waals surface area contributed by atoms with Crippen LogP contribution >= 0.6 is 11.6 Å². The summed E-state index contributed by atoms with van der Waals surface area (Å²) < 4.78 is 41.6. The highest BCUT2D eigenvalue weighted by molar-refractivity contribution is 6.36. The molecule has 40 heavy (non-hydrogen) atoms. The van der Waals surface area contributed by atoms with E-state index in [1.54, 1.807) is 20.8 Å². The number of rotatable bonds is 5. The Hall–Kier alpha value is -2.89. The number of nitrogens with zero attached hydrogens (tertiary/aromatic N) is 3. The number of halogens is 3. The van der Waals surface area contributed by atoms with E-state index in [0.717, 1.165) is 18.9 Å². The molecule has 1 saturated carbocycles. The number of carbonyl (C=O) groups excluding carboxylic acids is 1. The summed E-state index contributed by atoms with van der Waals surface area (Å²) in [5, 5.41) is 14.3. The highest BCUT2D eigenvalue weighted by atomic mass is 35.5. The van der Waals surface area contributed by atoms with Crippen molar-refractivity contribution in [2.75, 3.05) is 29.9 Å². The van der Waals surface area contributed by atoms with Crippen molar-refractivity contribution in [1.29, 1.82) is 0 Å². The van der Waals surface area contributed by atoms with Crippen molar-refractivity contribution in [3.63, 3.8) is 0 Å². The Morgan fingerprint density at radius 2 is 1.98 bits per heavy atom. The van der Waals surface area contributed by atoms with Crippen molar-refractivity contribution in [2.45, 2.75) is 78.0 Å².